The van der Waals surface area contributed by atoms with Crippen LogP contribution in [0.4, 0.5) is 4.39 Å². The van der Waals surface area contributed by atoms with Crippen molar-refractivity contribution in [3.8, 4) is 5.75 Å². The lowest BCUT2D eigenvalue weighted by atomic mass is 9.94. The van der Waals surface area contributed by atoms with Crippen molar-refractivity contribution in [2.75, 3.05) is 13.7 Å². The summed E-state index contributed by atoms with van der Waals surface area (Å²) >= 11 is 6.25. The van der Waals surface area contributed by atoms with Crippen molar-refractivity contribution in [2.45, 2.75) is 19.0 Å². The molecule has 0 aromatic heterocycles. The van der Waals surface area contributed by atoms with Crippen LogP contribution in [0, 0.1) is 11.7 Å². The van der Waals surface area contributed by atoms with Gasteiger partial charge in [0.15, 0.2) is 0 Å². The lowest BCUT2D eigenvalue weighted by Gasteiger charge is -2.29. The van der Waals surface area contributed by atoms with Gasteiger partial charge in [0.1, 0.15) is 11.6 Å². The Hall–Kier alpha value is -2.11. The Balaban J connectivity index is 1.94. The molecule has 4 nitrogen and oxygen atoms in total. The second-order valence-electron chi connectivity index (χ2n) is 6.13. The Morgan fingerprint density at radius 1 is 1.28 bits per heavy atom. The van der Waals surface area contributed by atoms with Crippen molar-refractivity contribution in [1.82, 2.24) is 4.90 Å². The Labute approximate surface area is 150 Å². The summed E-state index contributed by atoms with van der Waals surface area (Å²) in [4.78, 5) is 14.2. The zero-order valence-corrected chi connectivity index (χ0v) is 14.5. The van der Waals surface area contributed by atoms with E-state index in [0.29, 0.717) is 17.1 Å². The highest BCUT2D eigenvalue weighted by Gasteiger charge is 2.41. The minimum absolute atomic E-state index is 0.0832. The van der Waals surface area contributed by atoms with Crippen LogP contribution in [0.2, 0.25) is 5.02 Å². The van der Waals surface area contributed by atoms with Crippen molar-refractivity contribution < 1.29 is 19.0 Å². The summed E-state index contributed by atoms with van der Waals surface area (Å²) in [6.45, 7) is 0.194. The number of rotatable bonds is 5. The van der Waals surface area contributed by atoms with Gasteiger partial charge in [-0.15, -0.1) is 0 Å². The third kappa shape index (κ3) is 3.62. The van der Waals surface area contributed by atoms with Crippen molar-refractivity contribution in [1.29, 1.82) is 0 Å². The van der Waals surface area contributed by atoms with Crippen LogP contribution in [0.15, 0.2) is 42.5 Å². The van der Waals surface area contributed by atoms with E-state index in [1.807, 2.05) is 24.3 Å². The molecule has 2 aromatic rings. The maximum Gasteiger partial charge on any atom is 0.223 e. The van der Waals surface area contributed by atoms with Crippen LogP contribution in [-0.2, 0) is 11.3 Å². The van der Waals surface area contributed by atoms with Crippen LogP contribution in [0.1, 0.15) is 23.6 Å². The van der Waals surface area contributed by atoms with Gasteiger partial charge in [-0.05, 0) is 41.5 Å². The van der Waals surface area contributed by atoms with Crippen molar-refractivity contribution in [3.05, 3.63) is 64.4 Å². The first-order valence-electron chi connectivity index (χ1n) is 8.01. The fraction of sp³-hybridized carbons (Fsp3) is 0.316. The zero-order chi connectivity index (χ0) is 18.0. The standard InChI is InChI=1S/C19H19ClFNO3/c1-25-15-5-2-12(3-6-15)10-22-18(24)8-13(11-23)19(22)16-9-14(21)4-7-17(16)20/h2-7,9,13,19,23H,8,10-11H2,1H3/t13-,19+/m0/s1. The van der Waals surface area contributed by atoms with E-state index in [2.05, 4.69) is 0 Å². The first-order chi connectivity index (χ1) is 12.0. The van der Waals surface area contributed by atoms with Gasteiger partial charge >= 0.3 is 0 Å². The number of hydrogen-bond donors (Lipinski definition) is 1. The molecule has 1 fully saturated rings. The molecule has 6 heteroatoms. The van der Waals surface area contributed by atoms with E-state index in [1.54, 1.807) is 12.0 Å². The van der Waals surface area contributed by atoms with Crippen molar-refractivity contribution in [2.24, 2.45) is 5.92 Å². The summed E-state index contributed by atoms with van der Waals surface area (Å²) in [5.41, 5.74) is 1.45. The fourth-order valence-corrected chi connectivity index (χ4v) is 3.53. The van der Waals surface area contributed by atoms with Crippen LogP contribution < -0.4 is 4.74 Å². The van der Waals surface area contributed by atoms with Gasteiger partial charge in [-0.25, -0.2) is 4.39 Å². The predicted octanol–water partition coefficient (Wildman–Crippen LogP) is 3.57. The van der Waals surface area contributed by atoms with Gasteiger partial charge in [0.05, 0.1) is 13.2 Å². The van der Waals surface area contributed by atoms with E-state index in [1.165, 1.54) is 18.2 Å². The molecule has 0 spiro atoms. The molecular weight excluding hydrogens is 345 g/mol. The van der Waals surface area contributed by atoms with Crippen LogP contribution in [0.5, 0.6) is 5.75 Å². The molecule has 0 unspecified atom stereocenters. The Morgan fingerprint density at radius 3 is 2.64 bits per heavy atom. The van der Waals surface area contributed by atoms with Crippen LogP contribution in [-0.4, -0.2) is 29.6 Å². The number of likely N-dealkylation sites (tertiary alicyclic amines) is 1. The normalized spacial score (nSPS) is 20.2. The lowest BCUT2D eigenvalue weighted by Crippen LogP contribution is -2.29. The molecule has 1 heterocycles. The Kier molecular flexibility index (Phi) is 5.25. The summed E-state index contributed by atoms with van der Waals surface area (Å²) in [5.74, 6) is -0.0838. The zero-order valence-electron chi connectivity index (χ0n) is 13.8. The van der Waals surface area contributed by atoms with Gasteiger partial charge in [-0.3, -0.25) is 4.79 Å². The summed E-state index contributed by atoms with van der Waals surface area (Å²) in [6, 6.07) is 11.1. The number of nitrogens with zero attached hydrogens (tertiary/aromatic N) is 1. The third-order valence-electron chi connectivity index (χ3n) is 4.56. The van der Waals surface area contributed by atoms with Gasteiger partial charge < -0.3 is 14.7 Å². The molecule has 2 aromatic carbocycles. The molecule has 0 bridgehead atoms. The third-order valence-corrected chi connectivity index (χ3v) is 4.91. The van der Waals surface area contributed by atoms with Crippen LogP contribution in [0.3, 0.4) is 0 Å². The average molecular weight is 364 g/mol. The molecule has 2 atom stereocenters. The van der Waals surface area contributed by atoms with Crippen molar-refractivity contribution >= 4 is 17.5 Å². The van der Waals surface area contributed by atoms with Crippen LogP contribution in [0.25, 0.3) is 0 Å². The first-order valence-corrected chi connectivity index (χ1v) is 8.39. The largest absolute Gasteiger partial charge is 0.497 e. The quantitative estimate of drug-likeness (QED) is 0.883. The van der Waals surface area contributed by atoms with Gasteiger partial charge in [0, 0.05) is 30.5 Å². The first kappa shape index (κ1) is 17.7. The molecule has 1 aliphatic rings. The number of benzene rings is 2. The second-order valence-corrected chi connectivity index (χ2v) is 6.53. The second kappa shape index (κ2) is 7.42. The molecule has 0 radical (unpaired) electrons. The molecule has 25 heavy (non-hydrogen) atoms. The summed E-state index contributed by atoms with van der Waals surface area (Å²) in [7, 11) is 1.59. The minimum atomic E-state index is -0.456. The number of hydrogen-bond acceptors (Lipinski definition) is 3. The molecule has 1 saturated heterocycles. The van der Waals surface area contributed by atoms with E-state index in [4.69, 9.17) is 16.3 Å². The van der Waals surface area contributed by atoms with Crippen molar-refractivity contribution in [3.63, 3.8) is 0 Å². The summed E-state index contributed by atoms with van der Waals surface area (Å²) < 4.78 is 18.9. The summed E-state index contributed by atoms with van der Waals surface area (Å²) in [6.07, 6.45) is 0.212. The lowest BCUT2D eigenvalue weighted by molar-refractivity contribution is -0.129. The highest BCUT2D eigenvalue weighted by atomic mass is 35.5. The maximum absolute atomic E-state index is 13.7. The Morgan fingerprint density at radius 2 is 2.00 bits per heavy atom. The SMILES string of the molecule is COc1ccc(CN2C(=O)C[C@@H](CO)[C@@H]2c2cc(F)ccc2Cl)cc1. The van der Waals surface area contributed by atoms with E-state index >= 15 is 0 Å². The smallest absolute Gasteiger partial charge is 0.223 e. The number of carbonyl (C=O) groups excluding carboxylic acids is 1. The summed E-state index contributed by atoms with van der Waals surface area (Å²) in [5, 5.41) is 10.1. The highest BCUT2D eigenvalue weighted by Crippen LogP contribution is 2.41. The van der Waals surface area contributed by atoms with Gasteiger partial charge in [-0.2, -0.15) is 0 Å². The molecule has 0 aliphatic carbocycles. The molecular formula is C19H19ClFNO3. The minimum Gasteiger partial charge on any atom is -0.497 e. The topological polar surface area (TPSA) is 49.8 Å². The molecule has 1 N–H and O–H groups in total. The molecule has 0 saturated carbocycles. The van der Waals surface area contributed by atoms with Gasteiger partial charge in [0.2, 0.25) is 5.91 Å². The van der Waals surface area contributed by atoms with E-state index < -0.39 is 11.9 Å². The molecule has 1 amide bonds. The monoisotopic (exact) mass is 363 g/mol. The maximum atomic E-state index is 13.7. The van der Waals surface area contributed by atoms with Gasteiger partial charge in [0.25, 0.3) is 0 Å². The van der Waals surface area contributed by atoms with E-state index in [9.17, 15) is 14.3 Å². The number of carbonyl (C=O) groups is 1. The number of ether oxygens (including phenoxy) is 1. The number of aliphatic hydroxyl groups is 1. The predicted molar refractivity (Wildman–Crippen MR) is 92.9 cm³/mol. The molecule has 3 rings (SSSR count). The van der Waals surface area contributed by atoms with Gasteiger partial charge in [-0.1, -0.05) is 23.7 Å². The van der Waals surface area contributed by atoms with E-state index in [0.717, 1.165) is 11.3 Å². The Bertz CT molecular complexity index is 766. The van der Waals surface area contributed by atoms with Crippen LogP contribution >= 0.6 is 11.6 Å². The fourth-order valence-electron chi connectivity index (χ4n) is 3.30. The number of methoxy groups -OCH3 is 1. The number of aliphatic hydroxyl groups excluding tert-OH is 1. The van der Waals surface area contributed by atoms with E-state index in [-0.39, 0.29) is 24.9 Å². The average Bonchev–Trinajstić information content (AvgIpc) is 2.93. The highest BCUT2D eigenvalue weighted by molar-refractivity contribution is 6.31. The molecule has 132 valence electrons. The molecule has 1 aliphatic heterocycles. The number of halogens is 2. The number of amides is 1.